The highest BCUT2D eigenvalue weighted by Crippen LogP contribution is 2.31. The van der Waals surface area contributed by atoms with Gasteiger partial charge in [-0.1, -0.05) is 37.3 Å². The fourth-order valence-electron chi connectivity index (χ4n) is 4.09. The zero-order chi connectivity index (χ0) is 20.6. The molecular formula is C21H26N4O3S. The van der Waals surface area contributed by atoms with Crippen molar-refractivity contribution in [1.82, 2.24) is 18.9 Å². The Hall–Kier alpha value is -2.45. The lowest BCUT2D eigenvalue weighted by Gasteiger charge is -2.30. The monoisotopic (exact) mass is 414 g/mol. The number of piperidine rings is 1. The van der Waals surface area contributed by atoms with Crippen LogP contribution in [0.4, 0.5) is 0 Å². The molecule has 4 rings (SSSR count). The molecule has 7 nitrogen and oxygen atoms in total. The summed E-state index contributed by atoms with van der Waals surface area (Å²) in [4.78, 5) is 17.7. The number of nitrogens with one attached hydrogen (secondary N) is 1. The number of hydrogen-bond acceptors (Lipinski definition) is 4. The predicted octanol–water partition coefficient (Wildman–Crippen LogP) is 2.78. The van der Waals surface area contributed by atoms with E-state index in [0.29, 0.717) is 31.6 Å². The predicted molar refractivity (Wildman–Crippen MR) is 114 cm³/mol. The molecule has 0 bridgehead atoms. The van der Waals surface area contributed by atoms with Gasteiger partial charge in [-0.05, 0) is 31.7 Å². The van der Waals surface area contributed by atoms with Crippen LogP contribution in [0.15, 0.2) is 41.2 Å². The van der Waals surface area contributed by atoms with E-state index in [1.165, 1.54) is 4.52 Å². The Morgan fingerprint density at radius 2 is 1.83 bits per heavy atom. The number of aromatic amines is 1. The van der Waals surface area contributed by atoms with Crippen LogP contribution in [0, 0.1) is 0 Å². The van der Waals surface area contributed by atoms with Gasteiger partial charge in [0.2, 0.25) is 10.0 Å². The van der Waals surface area contributed by atoms with E-state index in [1.807, 2.05) is 37.3 Å². The van der Waals surface area contributed by atoms with Crippen LogP contribution in [0.2, 0.25) is 0 Å². The number of aryl methyl sites for hydroxylation is 1. The van der Waals surface area contributed by atoms with E-state index in [-0.39, 0.29) is 17.2 Å². The van der Waals surface area contributed by atoms with Gasteiger partial charge < -0.3 is 0 Å². The third-order valence-electron chi connectivity index (χ3n) is 5.76. The van der Waals surface area contributed by atoms with Crippen molar-refractivity contribution < 1.29 is 8.42 Å². The van der Waals surface area contributed by atoms with E-state index < -0.39 is 10.0 Å². The molecular weight excluding hydrogens is 388 g/mol. The first-order valence-electron chi connectivity index (χ1n) is 10.1. The topological polar surface area (TPSA) is 87.5 Å². The van der Waals surface area contributed by atoms with Crippen LogP contribution in [-0.2, 0) is 16.4 Å². The third-order valence-corrected chi connectivity index (χ3v) is 7.64. The molecule has 0 radical (unpaired) electrons. The molecule has 1 aliphatic rings. The minimum absolute atomic E-state index is 0.0830. The van der Waals surface area contributed by atoms with Gasteiger partial charge >= 0.3 is 0 Å². The summed E-state index contributed by atoms with van der Waals surface area (Å²) in [5.74, 6) is 0.201. The Kier molecular flexibility index (Phi) is 5.31. The van der Waals surface area contributed by atoms with Crippen molar-refractivity contribution in [2.24, 2.45) is 0 Å². The summed E-state index contributed by atoms with van der Waals surface area (Å²) in [5, 5.41) is 3.20. The highest BCUT2D eigenvalue weighted by Gasteiger charge is 2.29. The first-order valence-corrected chi connectivity index (χ1v) is 11.7. The number of fused-ring (bicyclic) bond motifs is 1. The first-order chi connectivity index (χ1) is 13.9. The van der Waals surface area contributed by atoms with Gasteiger partial charge in [0.25, 0.3) is 5.56 Å². The molecule has 29 heavy (non-hydrogen) atoms. The molecule has 1 aromatic carbocycles. The third kappa shape index (κ3) is 3.62. The number of nitrogens with zero attached hydrogens (tertiary/aromatic N) is 3. The van der Waals surface area contributed by atoms with Crippen LogP contribution in [0.25, 0.3) is 16.8 Å². The van der Waals surface area contributed by atoms with E-state index in [4.69, 9.17) is 4.98 Å². The highest BCUT2D eigenvalue weighted by atomic mass is 32.2. The minimum atomic E-state index is -3.17. The van der Waals surface area contributed by atoms with Crippen molar-refractivity contribution in [3.05, 3.63) is 58.1 Å². The summed E-state index contributed by atoms with van der Waals surface area (Å²) >= 11 is 0. The molecule has 0 spiro atoms. The van der Waals surface area contributed by atoms with E-state index >= 15 is 0 Å². The molecule has 0 aliphatic carbocycles. The molecule has 1 N–H and O–H groups in total. The highest BCUT2D eigenvalue weighted by molar-refractivity contribution is 7.89. The molecule has 3 aromatic rings. The number of benzene rings is 1. The first kappa shape index (κ1) is 19.8. The minimum Gasteiger partial charge on any atom is -0.293 e. The maximum atomic E-state index is 12.8. The van der Waals surface area contributed by atoms with Crippen molar-refractivity contribution in [3.8, 4) is 11.1 Å². The number of sulfonamides is 1. The Balaban J connectivity index is 1.74. The molecule has 0 atom stereocenters. The zero-order valence-corrected chi connectivity index (χ0v) is 17.6. The number of aromatic nitrogens is 3. The molecule has 0 saturated carbocycles. The van der Waals surface area contributed by atoms with Gasteiger partial charge in [-0.15, -0.1) is 0 Å². The van der Waals surface area contributed by atoms with Gasteiger partial charge in [0, 0.05) is 36.3 Å². The van der Waals surface area contributed by atoms with Crippen LogP contribution in [0.5, 0.6) is 0 Å². The maximum Gasteiger partial charge on any atom is 0.272 e. The summed E-state index contributed by atoms with van der Waals surface area (Å²) in [6.07, 6.45) is 2.11. The SMILES string of the molecule is CCc1[nH]n2c(=O)cc(C3CCN(S(=O)(=O)CC)CC3)nc2c1-c1ccccc1. The quantitative estimate of drug-likeness (QED) is 0.695. The lowest BCUT2D eigenvalue weighted by Crippen LogP contribution is -2.39. The van der Waals surface area contributed by atoms with Crippen LogP contribution < -0.4 is 5.56 Å². The molecule has 0 amide bonds. The fourth-order valence-corrected chi connectivity index (χ4v) is 5.22. The van der Waals surface area contributed by atoms with E-state index in [9.17, 15) is 13.2 Å². The van der Waals surface area contributed by atoms with Crippen LogP contribution in [-0.4, -0.2) is 46.2 Å². The van der Waals surface area contributed by atoms with Crippen molar-refractivity contribution in [2.45, 2.75) is 39.0 Å². The lowest BCUT2D eigenvalue weighted by molar-refractivity contribution is 0.317. The smallest absolute Gasteiger partial charge is 0.272 e. The van der Waals surface area contributed by atoms with Crippen LogP contribution in [0.1, 0.15) is 44.0 Å². The summed E-state index contributed by atoms with van der Waals surface area (Å²) < 4.78 is 27.3. The number of hydrogen-bond donors (Lipinski definition) is 1. The average molecular weight is 415 g/mol. The van der Waals surface area contributed by atoms with Gasteiger partial charge in [-0.2, -0.15) is 0 Å². The van der Waals surface area contributed by atoms with Gasteiger partial charge in [0.1, 0.15) is 0 Å². The van der Waals surface area contributed by atoms with E-state index in [0.717, 1.165) is 28.9 Å². The van der Waals surface area contributed by atoms with Crippen LogP contribution >= 0.6 is 0 Å². The standard InChI is InChI=1S/C21H26N4O3S/c1-3-17-20(16-8-6-5-7-9-16)21-22-18(14-19(26)25(21)23-17)15-10-12-24(13-11-15)29(27,28)4-2/h5-9,14-15,23H,3-4,10-13H2,1-2H3. The van der Waals surface area contributed by atoms with Crippen molar-refractivity contribution in [3.63, 3.8) is 0 Å². The largest absolute Gasteiger partial charge is 0.293 e. The molecule has 8 heteroatoms. The Morgan fingerprint density at radius 3 is 2.45 bits per heavy atom. The molecule has 1 fully saturated rings. The average Bonchev–Trinajstić information content (AvgIpc) is 3.13. The van der Waals surface area contributed by atoms with Gasteiger partial charge in [-0.25, -0.2) is 22.2 Å². The van der Waals surface area contributed by atoms with Crippen molar-refractivity contribution >= 4 is 15.7 Å². The Morgan fingerprint density at radius 1 is 1.14 bits per heavy atom. The second-order valence-corrected chi connectivity index (χ2v) is 9.69. The summed E-state index contributed by atoms with van der Waals surface area (Å²) in [6, 6.07) is 11.6. The second kappa shape index (κ2) is 7.76. The second-order valence-electron chi connectivity index (χ2n) is 7.44. The summed E-state index contributed by atoms with van der Waals surface area (Å²) in [6.45, 7) is 4.66. The molecule has 154 valence electrons. The van der Waals surface area contributed by atoms with E-state index in [2.05, 4.69) is 5.10 Å². The van der Waals surface area contributed by atoms with Crippen LogP contribution in [0.3, 0.4) is 0 Å². The molecule has 3 heterocycles. The molecule has 2 aromatic heterocycles. The summed E-state index contributed by atoms with van der Waals surface area (Å²) in [5.41, 5.74) is 4.21. The van der Waals surface area contributed by atoms with Gasteiger partial charge in [0.15, 0.2) is 5.65 Å². The number of H-pyrrole nitrogens is 1. The van der Waals surface area contributed by atoms with Crippen molar-refractivity contribution in [1.29, 1.82) is 0 Å². The molecule has 1 saturated heterocycles. The van der Waals surface area contributed by atoms with Gasteiger partial charge in [-0.3, -0.25) is 9.89 Å². The zero-order valence-electron chi connectivity index (χ0n) is 16.8. The van der Waals surface area contributed by atoms with Gasteiger partial charge in [0.05, 0.1) is 11.4 Å². The fraction of sp³-hybridized carbons (Fsp3) is 0.429. The van der Waals surface area contributed by atoms with Crippen molar-refractivity contribution in [2.75, 3.05) is 18.8 Å². The summed E-state index contributed by atoms with van der Waals surface area (Å²) in [7, 11) is -3.17. The number of rotatable bonds is 5. The normalized spacial score (nSPS) is 16.5. The molecule has 1 aliphatic heterocycles. The Bertz CT molecular complexity index is 1170. The Labute approximate surface area is 170 Å². The maximum absolute atomic E-state index is 12.8. The molecule has 0 unspecified atom stereocenters. The lowest BCUT2D eigenvalue weighted by atomic mass is 9.94. The van der Waals surface area contributed by atoms with E-state index in [1.54, 1.807) is 17.3 Å².